The van der Waals surface area contributed by atoms with Gasteiger partial charge in [0.05, 0.1) is 12.0 Å². The lowest BCUT2D eigenvalue weighted by Gasteiger charge is -2.24. The number of carbonyl (C=O) groups excluding carboxylic acids is 1. The number of fused-ring (bicyclic) bond motifs is 1. The maximum atomic E-state index is 11.9. The van der Waals surface area contributed by atoms with Crippen molar-refractivity contribution in [2.24, 2.45) is 0 Å². The molecule has 0 unspecified atom stereocenters. The highest BCUT2D eigenvalue weighted by Gasteiger charge is 2.27. The first-order valence-corrected chi connectivity index (χ1v) is 6.05. The van der Waals surface area contributed by atoms with Gasteiger partial charge >= 0.3 is 0 Å². The second kappa shape index (κ2) is 3.76. The van der Waals surface area contributed by atoms with E-state index in [4.69, 9.17) is 4.74 Å². The van der Waals surface area contributed by atoms with Gasteiger partial charge in [0.2, 0.25) is 0 Å². The topological polar surface area (TPSA) is 26.3 Å². The SMILES string of the molecule is O=C1C[C@H](c2cccs2)Oc2ccccc21. The van der Waals surface area contributed by atoms with Crippen molar-refractivity contribution in [1.29, 1.82) is 0 Å². The molecule has 1 atom stereocenters. The normalized spacial score (nSPS) is 19.0. The number of ketones is 1. The van der Waals surface area contributed by atoms with Crippen LogP contribution in [0.5, 0.6) is 5.75 Å². The zero-order chi connectivity index (χ0) is 11.0. The molecular weight excluding hydrogens is 220 g/mol. The molecule has 0 aliphatic carbocycles. The molecule has 3 heteroatoms. The first kappa shape index (κ1) is 9.60. The summed E-state index contributed by atoms with van der Waals surface area (Å²) in [6.07, 6.45) is 0.333. The Balaban J connectivity index is 1.98. The summed E-state index contributed by atoms with van der Waals surface area (Å²) in [6, 6.07) is 11.4. The molecule has 0 bridgehead atoms. The zero-order valence-electron chi connectivity index (χ0n) is 8.55. The van der Waals surface area contributed by atoms with Crippen LogP contribution in [-0.4, -0.2) is 5.78 Å². The Morgan fingerprint density at radius 1 is 1.19 bits per heavy atom. The third-order valence-electron chi connectivity index (χ3n) is 2.69. The van der Waals surface area contributed by atoms with Crippen molar-refractivity contribution in [3.8, 4) is 5.75 Å². The zero-order valence-corrected chi connectivity index (χ0v) is 9.37. The maximum Gasteiger partial charge on any atom is 0.170 e. The van der Waals surface area contributed by atoms with Crippen molar-refractivity contribution in [1.82, 2.24) is 0 Å². The Morgan fingerprint density at radius 2 is 2.06 bits per heavy atom. The molecule has 2 nitrogen and oxygen atoms in total. The van der Waals surface area contributed by atoms with E-state index >= 15 is 0 Å². The van der Waals surface area contributed by atoms with E-state index in [2.05, 4.69) is 0 Å². The lowest BCUT2D eigenvalue weighted by atomic mass is 10.00. The fourth-order valence-electron chi connectivity index (χ4n) is 1.91. The molecule has 2 aromatic rings. The third kappa shape index (κ3) is 1.53. The summed E-state index contributed by atoms with van der Waals surface area (Å²) in [7, 11) is 0. The Labute approximate surface area is 97.5 Å². The summed E-state index contributed by atoms with van der Waals surface area (Å²) < 4.78 is 5.84. The van der Waals surface area contributed by atoms with Crippen LogP contribution in [0, 0.1) is 0 Å². The Morgan fingerprint density at radius 3 is 2.88 bits per heavy atom. The number of hydrogen-bond donors (Lipinski definition) is 0. The predicted molar refractivity (Wildman–Crippen MR) is 63.1 cm³/mol. The van der Waals surface area contributed by atoms with Crippen molar-refractivity contribution < 1.29 is 9.53 Å². The molecule has 1 aromatic heterocycles. The molecule has 0 fully saturated rings. The highest BCUT2D eigenvalue weighted by Crippen LogP contribution is 2.35. The van der Waals surface area contributed by atoms with Crippen LogP contribution in [0.4, 0.5) is 0 Å². The van der Waals surface area contributed by atoms with Crippen LogP contribution in [0.1, 0.15) is 27.8 Å². The van der Waals surface area contributed by atoms with Gasteiger partial charge in [-0.2, -0.15) is 0 Å². The molecule has 1 aliphatic rings. The van der Waals surface area contributed by atoms with Crippen LogP contribution in [0.25, 0.3) is 0 Å². The minimum atomic E-state index is -0.109. The summed E-state index contributed by atoms with van der Waals surface area (Å²) in [5.41, 5.74) is 0.704. The predicted octanol–water partition coefficient (Wildman–Crippen LogP) is 3.45. The van der Waals surface area contributed by atoms with E-state index in [9.17, 15) is 4.79 Å². The quantitative estimate of drug-likeness (QED) is 0.750. The highest BCUT2D eigenvalue weighted by atomic mass is 32.1. The number of rotatable bonds is 1. The first-order chi connectivity index (χ1) is 7.84. The maximum absolute atomic E-state index is 11.9. The number of thiophene rings is 1. The lowest BCUT2D eigenvalue weighted by molar-refractivity contribution is 0.0854. The Hall–Kier alpha value is -1.61. The summed E-state index contributed by atoms with van der Waals surface area (Å²) in [6.45, 7) is 0. The molecule has 1 aromatic carbocycles. The van der Waals surface area contributed by atoms with Crippen molar-refractivity contribution >= 4 is 17.1 Å². The first-order valence-electron chi connectivity index (χ1n) is 5.17. The Kier molecular flexibility index (Phi) is 2.26. The van der Waals surface area contributed by atoms with Crippen molar-refractivity contribution in [3.05, 3.63) is 52.2 Å². The van der Waals surface area contributed by atoms with Crippen molar-refractivity contribution in [2.75, 3.05) is 0 Å². The number of Topliss-reactive ketones (excluding diaryl/α,β-unsaturated/α-hetero) is 1. The third-order valence-corrected chi connectivity index (χ3v) is 3.65. The van der Waals surface area contributed by atoms with Gasteiger partial charge in [-0.3, -0.25) is 4.79 Å². The van der Waals surface area contributed by atoms with Crippen LogP contribution < -0.4 is 4.74 Å². The number of para-hydroxylation sites is 1. The van der Waals surface area contributed by atoms with Gasteiger partial charge in [0.25, 0.3) is 0 Å². The minimum absolute atomic E-state index is 0.109. The molecule has 16 heavy (non-hydrogen) atoms. The van der Waals surface area contributed by atoms with E-state index in [0.29, 0.717) is 17.7 Å². The average molecular weight is 230 g/mol. The molecule has 0 saturated heterocycles. The standard InChI is InChI=1S/C13H10O2S/c14-10-8-12(13-6-3-7-16-13)15-11-5-2-1-4-9(10)11/h1-7,12H,8H2/t12-/m1/s1. The Bertz CT molecular complexity index is 516. The molecule has 80 valence electrons. The summed E-state index contributed by atoms with van der Waals surface area (Å²) in [4.78, 5) is 13.0. The molecule has 0 amide bonds. The van der Waals surface area contributed by atoms with E-state index in [0.717, 1.165) is 4.88 Å². The molecule has 1 aliphatic heterocycles. The number of carbonyl (C=O) groups is 1. The van der Waals surface area contributed by atoms with Gasteiger partial charge in [-0.1, -0.05) is 18.2 Å². The largest absolute Gasteiger partial charge is 0.484 e. The molecule has 3 rings (SSSR count). The highest BCUT2D eigenvalue weighted by molar-refractivity contribution is 7.10. The van der Waals surface area contributed by atoms with E-state index in [1.165, 1.54) is 0 Å². The van der Waals surface area contributed by atoms with E-state index in [1.807, 2.05) is 41.8 Å². The average Bonchev–Trinajstić information content (AvgIpc) is 2.82. The molecule has 0 radical (unpaired) electrons. The molecule has 0 spiro atoms. The van der Waals surface area contributed by atoms with Gasteiger partial charge in [-0.05, 0) is 23.6 Å². The molecule has 2 heterocycles. The molecule has 0 saturated carbocycles. The number of benzene rings is 1. The smallest absolute Gasteiger partial charge is 0.170 e. The lowest BCUT2D eigenvalue weighted by Crippen LogP contribution is -2.19. The molecular formula is C13H10O2S. The number of ether oxygens (including phenoxy) is 1. The van der Waals surface area contributed by atoms with Crippen LogP contribution in [0.2, 0.25) is 0 Å². The van der Waals surface area contributed by atoms with E-state index in [1.54, 1.807) is 11.3 Å². The fourth-order valence-corrected chi connectivity index (χ4v) is 2.66. The summed E-state index contributed by atoms with van der Waals surface area (Å²) >= 11 is 1.63. The van der Waals surface area contributed by atoms with Crippen molar-refractivity contribution in [2.45, 2.75) is 12.5 Å². The van der Waals surface area contributed by atoms with E-state index < -0.39 is 0 Å². The fraction of sp³-hybridized carbons (Fsp3) is 0.154. The summed E-state index contributed by atoms with van der Waals surface area (Å²) in [5.74, 6) is 0.873. The van der Waals surface area contributed by atoms with Gasteiger partial charge in [0.1, 0.15) is 11.9 Å². The second-order valence-electron chi connectivity index (χ2n) is 3.75. The van der Waals surface area contributed by atoms with Gasteiger partial charge in [-0.15, -0.1) is 11.3 Å². The van der Waals surface area contributed by atoms with Gasteiger partial charge < -0.3 is 4.74 Å². The van der Waals surface area contributed by atoms with Gasteiger partial charge in [0, 0.05) is 4.88 Å². The molecule has 0 N–H and O–H groups in total. The second-order valence-corrected chi connectivity index (χ2v) is 4.72. The van der Waals surface area contributed by atoms with Crippen molar-refractivity contribution in [3.63, 3.8) is 0 Å². The van der Waals surface area contributed by atoms with E-state index in [-0.39, 0.29) is 11.9 Å². The van der Waals surface area contributed by atoms with Crippen LogP contribution >= 0.6 is 11.3 Å². The van der Waals surface area contributed by atoms with Crippen LogP contribution in [0.15, 0.2) is 41.8 Å². The van der Waals surface area contributed by atoms with Gasteiger partial charge in [0.15, 0.2) is 5.78 Å². The van der Waals surface area contributed by atoms with Crippen LogP contribution in [-0.2, 0) is 0 Å². The number of hydrogen-bond acceptors (Lipinski definition) is 3. The van der Waals surface area contributed by atoms with Crippen LogP contribution in [0.3, 0.4) is 0 Å². The monoisotopic (exact) mass is 230 g/mol. The van der Waals surface area contributed by atoms with Gasteiger partial charge in [-0.25, -0.2) is 0 Å². The minimum Gasteiger partial charge on any atom is -0.484 e. The summed E-state index contributed by atoms with van der Waals surface area (Å²) in [5, 5.41) is 2.00.